The molecule has 80 valence electrons. The van der Waals surface area contributed by atoms with E-state index in [1.807, 2.05) is 7.05 Å². The number of rotatable bonds is 2. The SMILES string of the molecule is CN1CCC(CN2CCC(O)C2)C1=O. The van der Waals surface area contributed by atoms with E-state index in [9.17, 15) is 9.90 Å². The summed E-state index contributed by atoms with van der Waals surface area (Å²) < 4.78 is 0. The Hall–Kier alpha value is -0.610. The van der Waals surface area contributed by atoms with E-state index in [0.29, 0.717) is 0 Å². The van der Waals surface area contributed by atoms with Crippen LogP contribution < -0.4 is 0 Å². The average molecular weight is 198 g/mol. The molecule has 0 aromatic carbocycles. The number of nitrogens with zero attached hydrogens (tertiary/aromatic N) is 2. The Balaban J connectivity index is 1.83. The van der Waals surface area contributed by atoms with Crippen LogP contribution in [0.4, 0.5) is 0 Å². The third kappa shape index (κ3) is 1.91. The first kappa shape index (κ1) is 9.93. The highest BCUT2D eigenvalue weighted by molar-refractivity contribution is 5.80. The average Bonchev–Trinajstić information content (AvgIpc) is 2.67. The summed E-state index contributed by atoms with van der Waals surface area (Å²) in [5, 5.41) is 9.35. The molecular formula is C10H18N2O2. The molecular weight excluding hydrogens is 180 g/mol. The van der Waals surface area contributed by atoms with Gasteiger partial charge in [-0.25, -0.2) is 0 Å². The normalized spacial score (nSPS) is 34.4. The van der Waals surface area contributed by atoms with E-state index in [-0.39, 0.29) is 17.9 Å². The fourth-order valence-electron chi connectivity index (χ4n) is 2.35. The number of carbonyl (C=O) groups is 1. The molecule has 4 nitrogen and oxygen atoms in total. The maximum absolute atomic E-state index is 11.6. The third-order valence-corrected chi connectivity index (χ3v) is 3.26. The molecule has 14 heavy (non-hydrogen) atoms. The first-order valence-electron chi connectivity index (χ1n) is 5.32. The van der Waals surface area contributed by atoms with Gasteiger partial charge < -0.3 is 10.0 Å². The molecule has 2 heterocycles. The first-order chi connectivity index (χ1) is 6.66. The van der Waals surface area contributed by atoms with E-state index in [1.54, 1.807) is 4.90 Å². The van der Waals surface area contributed by atoms with Gasteiger partial charge in [-0.1, -0.05) is 0 Å². The van der Waals surface area contributed by atoms with Crippen LogP contribution in [0.1, 0.15) is 12.8 Å². The van der Waals surface area contributed by atoms with Gasteiger partial charge in [-0.15, -0.1) is 0 Å². The van der Waals surface area contributed by atoms with Crippen molar-refractivity contribution in [1.29, 1.82) is 0 Å². The van der Waals surface area contributed by atoms with Crippen LogP contribution in [0, 0.1) is 5.92 Å². The smallest absolute Gasteiger partial charge is 0.226 e. The highest BCUT2D eigenvalue weighted by atomic mass is 16.3. The van der Waals surface area contributed by atoms with Gasteiger partial charge in [0.25, 0.3) is 0 Å². The number of amides is 1. The Morgan fingerprint density at radius 1 is 1.43 bits per heavy atom. The topological polar surface area (TPSA) is 43.8 Å². The van der Waals surface area contributed by atoms with Gasteiger partial charge in [-0.05, 0) is 12.8 Å². The lowest BCUT2D eigenvalue weighted by Crippen LogP contribution is -2.32. The lowest BCUT2D eigenvalue weighted by atomic mass is 10.1. The van der Waals surface area contributed by atoms with Crippen LogP contribution in [0.15, 0.2) is 0 Å². The Labute approximate surface area is 84.5 Å². The van der Waals surface area contributed by atoms with Crippen molar-refractivity contribution in [2.45, 2.75) is 18.9 Å². The molecule has 2 atom stereocenters. The highest BCUT2D eigenvalue weighted by Crippen LogP contribution is 2.19. The van der Waals surface area contributed by atoms with Crippen molar-refractivity contribution in [2.24, 2.45) is 5.92 Å². The van der Waals surface area contributed by atoms with Gasteiger partial charge in [-0.3, -0.25) is 9.69 Å². The molecule has 4 heteroatoms. The molecule has 0 radical (unpaired) electrons. The van der Waals surface area contributed by atoms with Crippen molar-refractivity contribution in [2.75, 3.05) is 33.2 Å². The second-order valence-electron chi connectivity index (χ2n) is 4.45. The zero-order valence-corrected chi connectivity index (χ0v) is 8.65. The molecule has 0 aliphatic carbocycles. The molecule has 0 bridgehead atoms. The minimum atomic E-state index is -0.177. The number of carbonyl (C=O) groups excluding carboxylic acids is 1. The summed E-state index contributed by atoms with van der Waals surface area (Å²) in [4.78, 5) is 15.6. The molecule has 1 N–H and O–H groups in total. The Kier molecular flexibility index (Phi) is 2.74. The van der Waals surface area contributed by atoms with Crippen LogP contribution in [-0.4, -0.2) is 60.1 Å². The van der Waals surface area contributed by atoms with E-state index in [4.69, 9.17) is 0 Å². The molecule has 2 rings (SSSR count). The van der Waals surface area contributed by atoms with Gasteiger partial charge in [0.15, 0.2) is 0 Å². The number of hydrogen-bond acceptors (Lipinski definition) is 3. The zero-order chi connectivity index (χ0) is 10.1. The van der Waals surface area contributed by atoms with Crippen LogP contribution >= 0.6 is 0 Å². The van der Waals surface area contributed by atoms with Crippen LogP contribution in [0.5, 0.6) is 0 Å². The van der Waals surface area contributed by atoms with Crippen molar-refractivity contribution in [1.82, 2.24) is 9.80 Å². The van der Waals surface area contributed by atoms with Gasteiger partial charge in [-0.2, -0.15) is 0 Å². The molecule has 0 aromatic rings. The largest absolute Gasteiger partial charge is 0.392 e. The summed E-state index contributed by atoms with van der Waals surface area (Å²) in [6, 6.07) is 0. The van der Waals surface area contributed by atoms with Gasteiger partial charge in [0.1, 0.15) is 0 Å². The van der Waals surface area contributed by atoms with Crippen molar-refractivity contribution in [3.05, 3.63) is 0 Å². The van der Waals surface area contributed by atoms with E-state index in [1.165, 1.54) is 0 Å². The standard InChI is InChI=1S/C10H18N2O2/c1-11-4-2-8(10(11)14)6-12-5-3-9(13)7-12/h8-9,13H,2-7H2,1H3. The van der Waals surface area contributed by atoms with Gasteiger partial charge in [0, 0.05) is 33.2 Å². The maximum atomic E-state index is 11.6. The Bertz CT molecular complexity index is 232. The summed E-state index contributed by atoms with van der Waals surface area (Å²) in [7, 11) is 1.86. The summed E-state index contributed by atoms with van der Waals surface area (Å²) in [5.74, 6) is 0.441. The molecule has 0 aromatic heterocycles. The monoisotopic (exact) mass is 198 g/mol. The molecule has 0 spiro atoms. The zero-order valence-electron chi connectivity index (χ0n) is 8.65. The molecule has 1 amide bonds. The molecule has 0 saturated carbocycles. The number of hydrogen-bond donors (Lipinski definition) is 1. The molecule has 2 aliphatic rings. The van der Waals surface area contributed by atoms with Gasteiger partial charge in [0.05, 0.1) is 12.0 Å². The summed E-state index contributed by atoms with van der Waals surface area (Å²) >= 11 is 0. The van der Waals surface area contributed by atoms with Crippen LogP contribution in [0.2, 0.25) is 0 Å². The van der Waals surface area contributed by atoms with E-state index in [0.717, 1.165) is 39.0 Å². The second-order valence-corrected chi connectivity index (χ2v) is 4.45. The second kappa shape index (κ2) is 3.87. The third-order valence-electron chi connectivity index (χ3n) is 3.26. The fourth-order valence-corrected chi connectivity index (χ4v) is 2.35. The lowest BCUT2D eigenvalue weighted by Gasteiger charge is -2.18. The number of aliphatic hydroxyl groups is 1. The van der Waals surface area contributed by atoms with Crippen LogP contribution in [0.3, 0.4) is 0 Å². The lowest BCUT2D eigenvalue weighted by molar-refractivity contribution is -0.130. The van der Waals surface area contributed by atoms with E-state index < -0.39 is 0 Å². The fraction of sp³-hybridized carbons (Fsp3) is 0.900. The number of aliphatic hydroxyl groups excluding tert-OH is 1. The van der Waals surface area contributed by atoms with E-state index in [2.05, 4.69) is 4.90 Å². The molecule has 2 aliphatic heterocycles. The van der Waals surface area contributed by atoms with Gasteiger partial charge in [0.2, 0.25) is 5.91 Å². The van der Waals surface area contributed by atoms with E-state index >= 15 is 0 Å². The maximum Gasteiger partial charge on any atom is 0.226 e. The quantitative estimate of drug-likeness (QED) is 0.652. The minimum absolute atomic E-state index is 0.172. The Morgan fingerprint density at radius 2 is 2.21 bits per heavy atom. The molecule has 2 unspecified atom stereocenters. The van der Waals surface area contributed by atoms with Gasteiger partial charge >= 0.3 is 0 Å². The van der Waals surface area contributed by atoms with Crippen molar-refractivity contribution in [3.8, 4) is 0 Å². The highest BCUT2D eigenvalue weighted by Gasteiger charge is 2.32. The van der Waals surface area contributed by atoms with Crippen LogP contribution in [-0.2, 0) is 4.79 Å². The molecule has 2 saturated heterocycles. The predicted molar refractivity (Wildman–Crippen MR) is 52.8 cm³/mol. The summed E-state index contributed by atoms with van der Waals surface area (Å²) in [6.45, 7) is 3.41. The van der Waals surface area contributed by atoms with Crippen molar-refractivity contribution < 1.29 is 9.90 Å². The molecule has 2 fully saturated rings. The van der Waals surface area contributed by atoms with Crippen molar-refractivity contribution in [3.63, 3.8) is 0 Å². The number of β-amino-alcohol motifs (C(OH)–C–C–N with tert-alkyl or cyclic N) is 1. The predicted octanol–water partition coefficient (Wildman–Crippen LogP) is -0.469. The van der Waals surface area contributed by atoms with Crippen LogP contribution in [0.25, 0.3) is 0 Å². The number of likely N-dealkylation sites (tertiary alicyclic amines) is 2. The Morgan fingerprint density at radius 3 is 2.71 bits per heavy atom. The minimum Gasteiger partial charge on any atom is -0.392 e. The summed E-state index contributed by atoms with van der Waals surface area (Å²) in [5.41, 5.74) is 0. The van der Waals surface area contributed by atoms with Crippen molar-refractivity contribution >= 4 is 5.91 Å². The first-order valence-corrected chi connectivity index (χ1v) is 5.32. The summed E-state index contributed by atoms with van der Waals surface area (Å²) in [6.07, 6.45) is 1.66.